The van der Waals surface area contributed by atoms with Crippen molar-refractivity contribution in [3.05, 3.63) is 80.5 Å². The number of halogens is 4. The SMILES string of the molecule is O=C(Nc1ccc(C(=O)N2CCCCc3sccc32)c(Cl)c1)c1ccccc1C(F)(F)F. The van der Waals surface area contributed by atoms with Crippen LogP contribution in [0.2, 0.25) is 5.02 Å². The standard InChI is InChI=1S/C23H18ClF3N2O2S/c24-18-13-14(28-21(30)15-5-1-2-6-17(15)23(25,26)27)8-9-16(18)22(31)29-11-4-3-7-20-19(29)10-12-32-20/h1-2,5-6,8-10,12-13H,3-4,7,11H2,(H,28,30). The molecule has 0 spiro atoms. The zero-order valence-corrected chi connectivity index (χ0v) is 18.3. The number of aryl methyl sites for hydroxylation is 1. The summed E-state index contributed by atoms with van der Waals surface area (Å²) in [6.07, 6.45) is -1.86. The number of nitrogens with zero attached hydrogens (tertiary/aromatic N) is 1. The van der Waals surface area contributed by atoms with Crippen molar-refractivity contribution in [2.75, 3.05) is 16.8 Å². The highest BCUT2D eigenvalue weighted by Crippen LogP contribution is 2.34. The summed E-state index contributed by atoms with van der Waals surface area (Å²) in [7, 11) is 0. The quantitative estimate of drug-likeness (QED) is 0.458. The summed E-state index contributed by atoms with van der Waals surface area (Å²) in [5.41, 5.74) is -0.177. The van der Waals surface area contributed by atoms with Gasteiger partial charge in [0.25, 0.3) is 11.8 Å². The van der Waals surface area contributed by atoms with Crippen molar-refractivity contribution in [2.45, 2.75) is 25.4 Å². The van der Waals surface area contributed by atoms with E-state index in [1.165, 1.54) is 30.3 Å². The molecule has 0 atom stereocenters. The van der Waals surface area contributed by atoms with Gasteiger partial charge >= 0.3 is 6.18 Å². The molecular weight excluding hydrogens is 461 g/mol. The molecule has 3 aromatic rings. The first-order valence-electron chi connectivity index (χ1n) is 9.91. The van der Waals surface area contributed by atoms with Crippen LogP contribution < -0.4 is 10.2 Å². The van der Waals surface area contributed by atoms with Crippen molar-refractivity contribution >= 4 is 46.1 Å². The summed E-state index contributed by atoms with van der Waals surface area (Å²) in [5.74, 6) is -1.17. The number of thiophene rings is 1. The third-order valence-corrected chi connectivity index (χ3v) is 6.51. The number of benzene rings is 2. The molecule has 1 aromatic heterocycles. The van der Waals surface area contributed by atoms with Crippen LogP contribution in [0.1, 0.15) is 44.0 Å². The molecule has 0 radical (unpaired) electrons. The van der Waals surface area contributed by atoms with Gasteiger partial charge in [0.2, 0.25) is 0 Å². The number of alkyl halides is 3. The predicted molar refractivity (Wildman–Crippen MR) is 120 cm³/mol. The molecule has 2 aromatic carbocycles. The fourth-order valence-corrected chi connectivity index (χ4v) is 4.87. The Balaban J connectivity index is 1.56. The minimum Gasteiger partial charge on any atom is -0.322 e. The highest BCUT2D eigenvalue weighted by atomic mass is 35.5. The van der Waals surface area contributed by atoms with Gasteiger partial charge in [0.15, 0.2) is 0 Å². The second-order valence-electron chi connectivity index (χ2n) is 7.34. The van der Waals surface area contributed by atoms with Crippen LogP contribution >= 0.6 is 22.9 Å². The average molecular weight is 479 g/mol. The number of carbonyl (C=O) groups is 2. The van der Waals surface area contributed by atoms with Crippen LogP contribution in [0.4, 0.5) is 24.5 Å². The zero-order valence-electron chi connectivity index (χ0n) is 16.7. The number of fused-ring (bicyclic) bond motifs is 1. The molecule has 4 rings (SSSR count). The topological polar surface area (TPSA) is 49.4 Å². The van der Waals surface area contributed by atoms with E-state index in [1.54, 1.807) is 16.2 Å². The van der Waals surface area contributed by atoms with E-state index in [4.69, 9.17) is 11.6 Å². The molecule has 4 nitrogen and oxygen atoms in total. The van der Waals surface area contributed by atoms with Crippen molar-refractivity contribution in [2.24, 2.45) is 0 Å². The lowest BCUT2D eigenvalue weighted by Gasteiger charge is -2.22. The Bertz CT molecular complexity index is 1180. The number of anilines is 2. The van der Waals surface area contributed by atoms with Crippen molar-refractivity contribution in [3.8, 4) is 0 Å². The number of hydrogen-bond donors (Lipinski definition) is 1. The first-order valence-corrected chi connectivity index (χ1v) is 11.2. The Morgan fingerprint density at radius 2 is 1.81 bits per heavy atom. The maximum absolute atomic E-state index is 13.2. The highest BCUT2D eigenvalue weighted by Gasteiger charge is 2.35. The van der Waals surface area contributed by atoms with Gasteiger partial charge in [-0.1, -0.05) is 23.7 Å². The van der Waals surface area contributed by atoms with E-state index in [9.17, 15) is 22.8 Å². The summed E-state index contributed by atoms with van der Waals surface area (Å²) in [6, 6.07) is 10.8. The van der Waals surface area contributed by atoms with Gasteiger partial charge in [0.05, 0.1) is 27.4 Å². The van der Waals surface area contributed by atoms with E-state index in [-0.39, 0.29) is 22.2 Å². The Labute approximate surface area is 191 Å². The Hall–Kier alpha value is -2.84. The molecule has 166 valence electrons. The highest BCUT2D eigenvalue weighted by molar-refractivity contribution is 7.10. The van der Waals surface area contributed by atoms with E-state index in [1.807, 2.05) is 11.4 Å². The Morgan fingerprint density at radius 1 is 1.03 bits per heavy atom. The van der Waals surface area contributed by atoms with E-state index in [2.05, 4.69) is 5.32 Å². The average Bonchev–Trinajstić information content (AvgIpc) is 3.12. The van der Waals surface area contributed by atoms with Crippen LogP contribution in [-0.2, 0) is 12.6 Å². The molecule has 0 bridgehead atoms. The van der Waals surface area contributed by atoms with E-state index >= 15 is 0 Å². The smallest absolute Gasteiger partial charge is 0.322 e. The molecule has 0 fully saturated rings. The molecule has 2 amide bonds. The lowest BCUT2D eigenvalue weighted by Crippen LogP contribution is -2.31. The monoisotopic (exact) mass is 478 g/mol. The van der Waals surface area contributed by atoms with Gasteiger partial charge in [0.1, 0.15) is 0 Å². The number of carbonyl (C=O) groups excluding carboxylic acids is 2. The second-order valence-corrected chi connectivity index (χ2v) is 8.74. The Kier molecular flexibility index (Phi) is 6.26. The number of nitrogens with one attached hydrogen (secondary N) is 1. The maximum atomic E-state index is 13.2. The molecule has 32 heavy (non-hydrogen) atoms. The number of amides is 2. The molecule has 0 unspecified atom stereocenters. The fourth-order valence-electron chi connectivity index (χ4n) is 3.69. The molecular formula is C23H18ClF3N2O2S. The maximum Gasteiger partial charge on any atom is 0.417 e. The molecule has 1 aliphatic rings. The lowest BCUT2D eigenvalue weighted by atomic mass is 10.1. The minimum absolute atomic E-state index is 0.109. The van der Waals surface area contributed by atoms with Crippen molar-refractivity contribution in [3.63, 3.8) is 0 Å². The third kappa shape index (κ3) is 4.52. The third-order valence-electron chi connectivity index (χ3n) is 5.23. The summed E-state index contributed by atoms with van der Waals surface area (Å²) in [5, 5.41) is 4.49. The first-order chi connectivity index (χ1) is 15.3. The molecule has 0 saturated carbocycles. The van der Waals surface area contributed by atoms with Gasteiger partial charge in [-0.15, -0.1) is 11.3 Å². The summed E-state index contributed by atoms with van der Waals surface area (Å²) < 4.78 is 39.6. The molecule has 0 saturated heterocycles. The van der Waals surface area contributed by atoms with Crippen LogP contribution in [0.3, 0.4) is 0 Å². The molecule has 9 heteroatoms. The minimum atomic E-state index is -4.66. The van der Waals surface area contributed by atoms with E-state index in [0.717, 1.165) is 42.0 Å². The first kappa shape index (κ1) is 22.4. The largest absolute Gasteiger partial charge is 0.417 e. The fraction of sp³-hybridized carbons (Fsp3) is 0.217. The molecule has 1 aliphatic heterocycles. The van der Waals surface area contributed by atoms with Gasteiger partial charge in [-0.2, -0.15) is 13.2 Å². The van der Waals surface area contributed by atoms with E-state index < -0.39 is 23.2 Å². The number of rotatable bonds is 3. The molecule has 1 N–H and O–H groups in total. The van der Waals surface area contributed by atoms with E-state index in [0.29, 0.717) is 6.54 Å². The summed E-state index contributed by atoms with van der Waals surface area (Å²) in [6.45, 7) is 0.575. The van der Waals surface area contributed by atoms with Gasteiger partial charge in [-0.25, -0.2) is 0 Å². The van der Waals surface area contributed by atoms with Gasteiger partial charge < -0.3 is 10.2 Å². The Morgan fingerprint density at radius 3 is 2.56 bits per heavy atom. The van der Waals surface area contributed by atoms with Gasteiger partial charge in [-0.3, -0.25) is 9.59 Å². The summed E-state index contributed by atoms with van der Waals surface area (Å²) >= 11 is 7.96. The van der Waals surface area contributed by atoms with Crippen LogP contribution in [0.25, 0.3) is 0 Å². The molecule has 0 aliphatic carbocycles. The van der Waals surface area contributed by atoms with Gasteiger partial charge in [0, 0.05) is 17.1 Å². The van der Waals surface area contributed by atoms with Crippen molar-refractivity contribution < 1.29 is 22.8 Å². The van der Waals surface area contributed by atoms with Crippen LogP contribution in [-0.4, -0.2) is 18.4 Å². The van der Waals surface area contributed by atoms with Crippen molar-refractivity contribution in [1.29, 1.82) is 0 Å². The lowest BCUT2D eigenvalue weighted by molar-refractivity contribution is -0.137. The van der Waals surface area contributed by atoms with Crippen molar-refractivity contribution in [1.82, 2.24) is 0 Å². The molecule has 2 heterocycles. The van der Waals surface area contributed by atoms with Crippen LogP contribution in [0.5, 0.6) is 0 Å². The normalized spacial score (nSPS) is 13.9. The second kappa shape index (κ2) is 8.96. The van der Waals surface area contributed by atoms with Gasteiger partial charge in [-0.05, 0) is 61.0 Å². The zero-order chi connectivity index (χ0) is 22.9. The van der Waals surface area contributed by atoms with Crippen LogP contribution in [0, 0.1) is 0 Å². The predicted octanol–water partition coefficient (Wildman–Crippen LogP) is 6.66. The van der Waals surface area contributed by atoms with Crippen LogP contribution in [0.15, 0.2) is 53.9 Å². The number of hydrogen-bond acceptors (Lipinski definition) is 3. The summed E-state index contributed by atoms with van der Waals surface area (Å²) in [4.78, 5) is 28.5.